The number of para-hydroxylation sites is 4. The zero-order valence-electron chi connectivity index (χ0n) is 28.0. The molecular weight excluding hydrogens is 635 g/mol. The summed E-state index contributed by atoms with van der Waals surface area (Å²) in [7, 11) is 0. The summed E-state index contributed by atoms with van der Waals surface area (Å²) in [4.78, 5) is 0. The maximum atomic E-state index is 9.96. The van der Waals surface area contributed by atoms with Crippen LogP contribution in [0.15, 0.2) is 185 Å². The summed E-state index contributed by atoms with van der Waals surface area (Å²) in [5.41, 5.74) is 15.0. The molecule has 0 saturated carbocycles. The van der Waals surface area contributed by atoms with E-state index in [2.05, 4.69) is 133 Å². The lowest BCUT2D eigenvalue weighted by molar-refractivity contribution is 0.669. The van der Waals surface area contributed by atoms with Crippen molar-refractivity contribution in [1.29, 1.82) is 5.26 Å². The average Bonchev–Trinajstić information content (AvgIpc) is 3.80. The molecule has 0 atom stereocenters. The van der Waals surface area contributed by atoms with Gasteiger partial charge in [-0.1, -0.05) is 146 Å². The maximum Gasteiger partial charge on any atom is 0.143 e. The first-order valence-corrected chi connectivity index (χ1v) is 17.4. The van der Waals surface area contributed by atoms with Gasteiger partial charge in [-0.25, -0.2) is 0 Å². The SMILES string of the molecule is N#Cc1cc(-c2ccc(-c3ccc(-c4cccc5c4oc4ccccc45)cc3)cc2)cc(-c2ccc(-c3cccc4c3oc3ccccc34)cc2)c1. The van der Waals surface area contributed by atoms with E-state index in [1.165, 1.54) is 0 Å². The van der Waals surface area contributed by atoms with Crippen LogP contribution < -0.4 is 0 Å². The molecule has 0 spiro atoms. The summed E-state index contributed by atoms with van der Waals surface area (Å²) < 4.78 is 12.6. The molecule has 2 heterocycles. The van der Waals surface area contributed by atoms with Gasteiger partial charge in [0.25, 0.3) is 0 Å². The molecule has 52 heavy (non-hydrogen) atoms. The third kappa shape index (κ3) is 4.97. The van der Waals surface area contributed by atoms with Crippen molar-refractivity contribution in [3.63, 3.8) is 0 Å². The van der Waals surface area contributed by atoms with Crippen molar-refractivity contribution in [2.24, 2.45) is 0 Å². The van der Waals surface area contributed by atoms with E-state index in [0.29, 0.717) is 5.56 Å². The van der Waals surface area contributed by atoms with E-state index in [9.17, 15) is 5.26 Å². The standard InChI is InChI=1S/C49H29NO2/c50-30-31-27-38(29-39(28-31)35-21-25-37(26-22-35)41-10-6-12-45-43-8-2-4-14-47(43)52-49(41)45)34-17-15-32(16-18-34)33-19-23-36(24-20-33)40-9-5-11-44-42-7-1-3-13-46(42)51-48(40)44/h1-29H. The summed E-state index contributed by atoms with van der Waals surface area (Å²) in [6.07, 6.45) is 0. The van der Waals surface area contributed by atoms with Crippen LogP contribution in [0, 0.1) is 11.3 Å². The van der Waals surface area contributed by atoms with Crippen molar-refractivity contribution in [3.05, 3.63) is 181 Å². The third-order valence-corrected chi connectivity index (χ3v) is 10.1. The van der Waals surface area contributed by atoms with Gasteiger partial charge in [-0.3, -0.25) is 0 Å². The van der Waals surface area contributed by atoms with Gasteiger partial charge >= 0.3 is 0 Å². The van der Waals surface area contributed by atoms with Gasteiger partial charge in [0.1, 0.15) is 22.3 Å². The number of nitriles is 1. The van der Waals surface area contributed by atoms with Crippen LogP contribution >= 0.6 is 0 Å². The van der Waals surface area contributed by atoms with Gasteiger partial charge in [-0.05, 0) is 74.8 Å². The Morgan fingerprint density at radius 1 is 0.327 bits per heavy atom. The minimum Gasteiger partial charge on any atom is -0.455 e. The van der Waals surface area contributed by atoms with Crippen LogP contribution in [0.25, 0.3) is 99.5 Å². The second kappa shape index (κ2) is 12.0. The Morgan fingerprint density at radius 2 is 0.692 bits per heavy atom. The van der Waals surface area contributed by atoms with Crippen LogP contribution in [0.3, 0.4) is 0 Å². The molecule has 0 saturated heterocycles. The fraction of sp³-hybridized carbons (Fsp3) is 0. The number of rotatable bonds is 5. The van der Waals surface area contributed by atoms with Crippen LogP contribution in [0.1, 0.15) is 5.56 Å². The predicted molar refractivity (Wildman–Crippen MR) is 213 cm³/mol. The summed E-state index contributed by atoms with van der Waals surface area (Å²) in [5.74, 6) is 0. The summed E-state index contributed by atoms with van der Waals surface area (Å²) in [5, 5.41) is 14.5. The van der Waals surface area contributed by atoms with Gasteiger partial charge in [0.05, 0.1) is 11.6 Å². The number of fused-ring (bicyclic) bond motifs is 6. The number of nitrogens with zero attached hydrogens (tertiary/aromatic N) is 1. The monoisotopic (exact) mass is 663 g/mol. The van der Waals surface area contributed by atoms with Crippen molar-refractivity contribution < 1.29 is 8.83 Å². The van der Waals surface area contributed by atoms with Gasteiger partial charge < -0.3 is 8.83 Å². The highest BCUT2D eigenvalue weighted by Crippen LogP contribution is 2.38. The number of hydrogen-bond acceptors (Lipinski definition) is 3. The molecule has 0 aliphatic heterocycles. The lowest BCUT2D eigenvalue weighted by atomic mass is 9.93. The highest BCUT2D eigenvalue weighted by atomic mass is 16.3. The van der Waals surface area contributed by atoms with E-state index in [-0.39, 0.29) is 0 Å². The summed E-state index contributed by atoms with van der Waals surface area (Å²) >= 11 is 0. The highest BCUT2D eigenvalue weighted by Gasteiger charge is 2.14. The van der Waals surface area contributed by atoms with Crippen LogP contribution in [-0.4, -0.2) is 0 Å². The van der Waals surface area contributed by atoms with Gasteiger partial charge in [0.2, 0.25) is 0 Å². The molecule has 0 N–H and O–H groups in total. The average molecular weight is 664 g/mol. The number of furan rings is 2. The largest absolute Gasteiger partial charge is 0.455 e. The molecule has 0 aliphatic carbocycles. The van der Waals surface area contributed by atoms with Crippen molar-refractivity contribution in [1.82, 2.24) is 0 Å². The van der Waals surface area contributed by atoms with Crippen molar-refractivity contribution in [2.75, 3.05) is 0 Å². The van der Waals surface area contributed by atoms with E-state index in [4.69, 9.17) is 8.83 Å². The van der Waals surface area contributed by atoms with E-state index in [1.54, 1.807) is 0 Å². The van der Waals surface area contributed by atoms with Crippen molar-refractivity contribution in [3.8, 4) is 61.7 Å². The minimum absolute atomic E-state index is 0.628. The van der Waals surface area contributed by atoms with Gasteiger partial charge in [-0.15, -0.1) is 0 Å². The Morgan fingerprint density at radius 3 is 1.12 bits per heavy atom. The maximum absolute atomic E-state index is 9.96. The van der Waals surface area contributed by atoms with Crippen LogP contribution in [0.4, 0.5) is 0 Å². The Labute approximate surface area is 300 Å². The second-order valence-electron chi connectivity index (χ2n) is 13.2. The van der Waals surface area contributed by atoms with Crippen LogP contribution in [0.2, 0.25) is 0 Å². The van der Waals surface area contributed by atoms with Crippen molar-refractivity contribution >= 4 is 43.9 Å². The van der Waals surface area contributed by atoms with E-state index in [0.717, 1.165) is 99.5 Å². The van der Waals surface area contributed by atoms with Crippen LogP contribution in [0.5, 0.6) is 0 Å². The Kier molecular flexibility index (Phi) is 6.87. The summed E-state index contributed by atoms with van der Waals surface area (Å²) in [6, 6.07) is 63.2. The smallest absolute Gasteiger partial charge is 0.143 e. The lowest BCUT2D eigenvalue weighted by Gasteiger charge is -2.10. The van der Waals surface area contributed by atoms with Crippen LogP contribution in [-0.2, 0) is 0 Å². The fourth-order valence-electron chi connectivity index (χ4n) is 7.51. The normalized spacial score (nSPS) is 11.4. The zero-order valence-corrected chi connectivity index (χ0v) is 28.0. The first-order valence-electron chi connectivity index (χ1n) is 17.4. The number of benzene rings is 8. The van der Waals surface area contributed by atoms with E-state index in [1.807, 2.05) is 48.5 Å². The van der Waals surface area contributed by atoms with Gasteiger partial charge in [0, 0.05) is 32.7 Å². The molecular formula is C49H29NO2. The first-order chi connectivity index (χ1) is 25.7. The van der Waals surface area contributed by atoms with Gasteiger partial charge in [0.15, 0.2) is 0 Å². The van der Waals surface area contributed by atoms with Crippen molar-refractivity contribution in [2.45, 2.75) is 0 Å². The molecule has 3 heteroatoms. The molecule has 8 aromatic carbocycles. The molecule has 10 rings (SSSR count). The van der Waals surface area contributed by atoms with E-state index < -0.39 is 0 Å². The molecule has 0 unspecified atom stereocenters. The Bertz CT molecular complexity index is 2990. The molecule has 2 aromatic heterocycles. The molecule has 10 aromatic rings. The molecule has 3 nitrogen and oxygen atoms in total. The molecule has 0 radical (unpaired) electrons. The third-order valence-electron chi connectivity index (χ3n) is 10.1. The molecule has 0 aliphatic rings. The van der Waals surface area contributed by atoms with Gasteiger partial charge in [-0.2, -0.15) is 5.26 Å². The highest BCUT2D eigenvalue weighted by molar-refractivity contribution is 6.10. The molecule has 0 fully saturated rings. The Hall–Kier alpha value is -7.15. The fourth-order valence-corrected chi connectivity index (χ4v) is 7.51. The first kappa shape index (κ1) is 29.7. The molecule has 242 valence electrons. The number of hydrogen-bond donors (Lipinski definition) is 0. The predicted octanol–water partition coefficient (Wildman–Crippen LogP) is 13.7. The zero-order chi connectivity index (χ0) is 34.6. The van der Waals surface area contributed by atoms with E-state index >= 15 is 0 Å². The minimum atomic E-state index is 0.628. The topological polar surface area (TPSA) is 50.1 Å². The quantitative estimate of drug-likeness (QED) is 0.184. The summed E-state index contributed by atoms with van der Waals surface area (Å²) in [6.45, 7) is 0. The molecule has 0 bridgehead atoms. The second-order valence-corrected chi connectivity index (χ2v) is 13.2. The molecule has 0 amide bonds. The Balaban J connectivity index is 0.931. The lowest BCUT2D eigenvalue weighted by Crippen LogP contribution is -1.87.